The second kappa shape index (κ2) is 7.30. The number of hydrogen-bond acceptors (Lipinski definition) is 5. The Labute approximate surface area is 164 Å². The molecule has 2 aromatic rings. The first-order valence-electron chi connectivity index (χ1n) is 9.54. The summed E-state index contributed by atoms with van der Waals surface area (Å²) in [4.78, 5) is 2.32. The fourth-order valence-corrected chi connectivity index (χ4v) is 4.20. The smallest absolute Gasteiger partial charge is 0.123 e. The molecule has 0 radical (unpaired) electrons. The molecule has 146 valence electrons. The van der Waals surface area contributed by atoms with Crippen LogP contribution in [0.3, 0.4) is 0 Å². The first-order chi connectivity index (χ1) is 13.4. The van der Waals surface area contributed by atoms with E-state index in [1.807, 2.05) is 42.5 Å². The molecular formula is C22H26FN5. The van der Waals surface area contributed by atoms with Gasteiger partial charge in [0.05, 0.1) is 23.5 Å². The average molecular weight is 379 g/mol. The van der Waals surface area contributed by atoms with Crippen molar-refractivity contribution < 1.29 is 4.39 Å². The summed E-state index contributed by atoms with van der Waals surface area (Å²) in [6.07, 6.45) is 7.96. The van der Waals surface area contributed by atoms with Crippen LogP contribution in [-0.4, -0.2) is 18.1 Å². The highest BCUT2D eigenvalue weighted by Crippen LogP contribution is 2.43. The van der Waals surface area contributed by atoms with Crippen LogP contribution < -0.4 is 27.8 Å². The Hall–Kier alpha value is -2.83. The Kier molecular flexibility index (Phi) is 4.83. The molecule has 4 unspecified atom stereocenters. The summed E-state index contributed by atoms with van der Waals surface area (Å²) in [7, 11) is 0. The zero-order valence-corrected chi connectivity index (χ0v) is 15.6. The Bertz CT molecular complexity index is 921. The Morgan fingerprint density at radius 2 is 1.57 bits per heavy atom. The van der Waals surface area contributed by atoms with Gasteiger partial charge in [0.1, 0.15) is 5.82 Å². The summed E-state index contributed by atoms with van der Waals surface area (Å²) in [6.45, 7) is 0. The predicted molar refractivity (Wildman–Crippen MR) is 113 cm³/mol. The molecule has 4 atom stereocenters. The summed E-state index contributed by atoms with van der Waals surface area (Å²) < 4.78 is 13.5. The summed E-state index contributed by atoms with van der Waals surface area (Å²) in [5.41, 5.74) is 28.5. The molecule has 0 bridgehead atoms. The van der Waals surface area contributed by atoms with Crippen LogP contribution in [0.25, 0.3) is 0 Å². The van der Waals surface area contributed by atoms with Crippen LogP contribution in [0.5, 0.6) is 0 Å². The first kappa shape index (κ1) is 18.5. The lowest BCUT2D eigenvalue weighted by molar-refractivity contribution is 0.625. The molecule has 2 aromatic carbocycles. The second-order valence-electron chi connectivity index (χ2n) is 7.56. The monoisotopic (exact) mass is 379 g/mol. The van der Waals surface area contributed by atoms with Gasteiger partial charge >= 0.3 is 0 Å². The second-order valence-corrected chi connectivity index (χ2v) is 7.56. The lowest BCUT2D eigenvalue weighted by atomic mass is 9.93. The van der Waals surface area contributed by atoms with E-state index in [0.717, 1.165) is 29.7 Å². The number of hydrogen-bond donors (Lipinski definition) is 4. The van der Waals surface area contributed by atoms with E-state index < -0.39 is 0 Å². The molecule has 0 spiro atoms. The van der Waals surface area contributed by atoms with Crippen molar-refractivity contribution in [1.29, 1.82) is 0 Å². The topological polar surface area (TPSA) is 107 Å². The number of benzene rings is 2. The molecule has 0 aromatic heterocycles. The fraction of sp³-hybridized carbons (Fsp3) is 0.273. The van der Waals surface area contributed by atoms with Gasteiger partial charge in [-0.05, 0) is 60.4 Å². The van der Waals surface area contributed by atoms with Crippen molar-refractivity contribution in [2.24, 2.45) is 11.5 Å². The Balaban J connectivity index is 1.75. The summed E-state index contributed by atoms with van der Waals surface area (Å²) in [6, 6.07) is 12.3. The van der Waals surface area contributed by atoms with E-state index >= 15 is 0 Å². The van der Waals surface area contributed by atoms with Crippen molar-refractivity contribution >= 4 is 17.1 Å². The number of nitrogen functional groups attached to an aromatic ring is 2. The molecule has 1 aliphatic carbocycles. The van der Waals surface area contributed by atoms with Gasteiger partial charge < -0.3 is 27.8 Å². The lowest BCUT2D eigenvalue weighted by Crippen LogP contribution is -2.42. The molecule has 1 aliphatic heterocycles. The van der Waals surface area contributed by atoms with Crippen LogP contribution in [0.2, 0.25) is 0 Å². The van der Waals surface area contributed by atoms with Gasteiger partial charge in [-0.3, -0.25) is 0 Å². The molecule has 1 heterocycles. The van der Waals surface area contributed by atoms with Crippen molar-refractivity contribution in [3.8, 4) is 0 Å². The standard InChI is InChI=1S/C22H26FN5/c23-15-3-5-16(6-4-15)28-21(13-1-7-17(24)19(26)11-13)9-10-22(28)14-2-8-18(25)20(27)12-14/h1-8,11-12,17,19,21-22H,9-10,24-27H2. The number of nitrogens with zero attached hydrogens (tertiary/aromatic N) is 1. The number of anilines is 3. The zero-order chi connectivity index (χ0) is 19.8. The van der Waals surface area contributed by atoms with E-state index in [0.29, 0.717) is 11.4 Å². The van der Waals surface area contributed by atoms with Crippen LogP contribution in [0.1, 0.15) is 24.4 Å². The van der Waals surface area contributed by atoms with Crippen LogP contribution in [0.4, 0.5) is 21.5 Å². The molecule has 6 heteroatoms. The van der Waals surface area contributed by atoms with E-state index in [-0.39, 0.29) is 30.0 Å². The van der Waals surface area contributed by atoms with Crippen molar-refractivity contribution in [2.75, 3.05) is 16.4 Å². The molecule has 2 aliphatic rings. The third-order valence-electron chi connectivity index (χ3n) is 5.73. The maximum atomic E-state index is 13.5. The van der Waals surface area contributed by atoms with E-state index in [1.165, 1.54) is 12.1 Å². The van der Waals surface area contributed by atoms with Gasteiger partial charge in [-0.2, -0.15) is 0 Å². The third kappa shape index (κ3) is 3.37. The minimum absolute atomic E-state index is 0.111. The highest BCUT2D eigenvalue weighted by Gasteiger charge is 2.37. The zero-order valence-electron chi connectivity index (χ0n) is 15.6. The molecule has 1 fully saturated rings. The SMILES string of the molecule is Nc1ccc(C2CCC(C3=CC(N)C(N)C=C3)N2c2ccc(F)cc2)cc1N. The molecule has 0 amide bonds. The van der Waals surface area contributed by atoms with E-state index in [9.17, 15) is 4.39 Å². The number of nitrogens with two attached hydrogens (primary N) is 4. The lowest BCUT2D eigenvalue weighted by Gasteiger charge is -2.35. The number of halogens is 1. The minimum Gasteiger partial charge on any atom is -0.397 e. The normalized spacial score (nSPS) is 27.1. The van der Waals surface area contributed by atoms with Crippen LogP contribution in [-0.2, 0) is 0 Å². The summed E-state index contributed by atoms with van der Waals surface area (Å²) >= 11 is 0. The van der Waals surface area contributed by atoms with Crippen LogP contribution >= 0.6 is 0 Å². The van der Waals surface area contributed by atoms with Gasteiger partial charge in [-0.15, -0.1) is 0 Å². The molecule has 0 saturated carbocycles. The summed E-state index contributed by atoms with van der Waals surface area (Å²) in [5, 5.41) is 0. The summed E-state index contributed by atoms with van der Waals surface area (Å²) in [5.74, 6) is -0.252. The quantitative estimate of drug-likeness (QED) is 0.614. The largest absolute Gasteiger partial charge is 0.397 e. The first-order valence-corrected chi connectivity index (χ1v) is 9.54. The van der Waals surface area contributed by atoms with Gasteiger partial charge in [-0.1, -0.05) is 24.3 Å². The van der Waals surface area contributed by atoms with Gasteiger partial charge in [0, 0.05) is 17.8 Å². The third-order valence-corrected chi connectivity index (χ3v) is 5.73. The van der Waals surface area contributed by atoms with Crippen molar-refractivity contribution in [3.63, 3.8) is 0 Å². The van der Waals surface area contributed by atoms with Crippen molar-refractivity contribution in [3.05, 3.63) is 77.6 Å². The Morgan fingerprint density at radius 3 is 2.25 bits per heavy atom. The highest BCUT2D eigenvalue weighted by molar-refractivity contribution is 5.65. The average Bonchev–Trinajstić information content (AvgIpc) is 3.12. The maximum Gasteiger partial charge on any atom is 0.123 e. The molecule has 5 nitrogen and oxygen atoms in total. The minimum atomic E-state index is -0.252. The molecule has 4 rings (SSSR count). The van der Waals surface area contributed by atoms with Gasteiger partial charge in [0.25, 0.3) is 0 Å². The number of rotatable bonds is 3. The van der Waals surface area contributed by atoms with Crippen molar-refractivity contribution in [2.45, 2.75) is 37.0 Å². The van der Waals surface area contributed by atoms with Gasteiger partial charge in [-0.25, -0.2) is 4.39 Å². The molecule has 1 saturated heterocycles. The van der Waals surface area contributed by atoms with E-state index in [1.54, 1.807) is 0 Å². The molecule has 28 heavy (non-hydrogen) atoms. The predicted octanol–water partition coefficient (Wildman–Crippen LogP) is 2.85. The maximum absolute atomic E-state index is 13.5. The van der Waals surface area contributed by atoms with Crippen LogP contribution in [0, 0.1) is 5.82 Å². The van der Waals surface area contributed by atoms with Crippen LogP contribution in [0.15, 0.2) is 66.3 Å². The molecule has 8 N–H and O–H groups in total. The van der Waals surface area contributed by atoms with E-state index in [4.69, 9.17) is 22.9 Å². The Morgan fingerprint density at radius 1 is 0.857 bits per heavy atom. The van der Waals surface area contributed by atoms with E-state index in [2.05, 4.69) is 11.0 Å². The van der Waals surface area contributed by atoms with Gasteiger partial charge in [0.2, 0.25) is 0 Å². The van der Waals surface area contributed by atoms with Gasteiger partial charge in [0.15, 0.2) is 0 Å². The highest BCUT2D eigenvalue weighted by atomic mass is 19.1. The van der Waals surface area contributed by atoms with Crippen molar-refractivity contribution in [1.82, 2.24) is 0 Å². The molecular weight excluding hydrogens is 353 g/mol. The fourth-order valence-electron chi connectivity index (χ4n) is 4.20.